The first kappa shape index (κ1) is 23.6. The molecule has 1 heterocycles. The van der Waals surface area contributed by atoms with Crippen molar-refractivity contribution >= 4 is 17.4 Å². The van der Waals surface area contributed by atoms with Crippen LogP contribution in [0, 0.1) is 0 Å². The van der Waals surface area contributed by atoms with Crippen LogP contribution in [0.5, 0.6) is 11.5 Å². The molecule has 9 heteroatoms. The normalized spacial score (nSPS) is 10.7. The first-order chi connectivity index (χ1) is 17.0. The van der Waals surface area contributed by atoms with E-state index in [1.54, 1.807) is 42.5 Å². The molecule has 1 amide bonds. The standard InChI is InChI=1S/C26H25N5O4/c1-3-5-22-23(13-12-21(16(2)32)24(22)33)35-15-17-6-4-7-20(14-17)27-26(34)19-10-8-18(9-11-19)25-28-30-31-29-25/h4,6-14,33H,3,5,15H2,1-2H3,(H,27,34)(H,28,29,30,31). The van der Waals surface area contributed by atoms with Crippen molar-refractivity contribution in [2.24, 2.45) is 0 Å². The molecule has 0 atom stereocenters. The van der Waals surface area contributed by atoms with E-state index in [-0.39, 0.29) is 29.6 Å². The third-order valence-electron chi connectivity index (χ3n) is 5.45. The fourth-order valence-corrected chi connectivity index (χ4v) is 3.69. The topological polar surface area (TPSA) is 130 Å². The maximum absolute atomic E-state index is 12.7. The van der Waals surface area contributed by atoms with E-state index in [0.29, 0.717) is 34.8 Å². The van der Waals surface area contributed by atoms with Crippen molar-refractivity contribution in [3.8, 4) is 22.9 Å². The Balaban J connectivity index is 1.44. The van der Waals surface area contributed by atoms with Crippen molar-refractivity contribution in [1.29, 1.82) is 0 Å². The summed E-state index contributed by atoms with van der Waals surface area (Å²) in [5.74, 6) is 0.515. The Kier molecular flexibility index (Phi) is 7.15. The number of aromatic nitrogens is 4. The summed E-state index contributed by atoms with van der Waals surface area (Å²) >= 11 is 0. The Labute approximate surface area is 202 Å². The van der Waals surface area contributed by atoms with Crippen molar-refractivity contribution in [1.82, 2.24) is 20.6 Å². The fourth-order valence-electron chi connectivity index (χ4n) is 3.69. The molecule has 0 saturated heterocycles. The number of benzene rings is 3. The summed E-state index contributed by atoms with van der Waals surface area (Å²) in [7, 11) is 0. The van der Waals surface area contributed by atoms with Crippen LogP contribution in [0.3, 0.4) is 0 Å². The molecule has 1 aromatic heterocycles. The first-order valence-corrected chi connectivity index (χ1v) is 11.2. The van der Waals surface area contributed by atoms with Crippen LogP contribution in [0.1, 0.15) is 52.1 Å². The zero-order valence-corrected chi connectivity index (χ0v) is 19.4. The number of ketones is 1. The second-order valence-electron chi connectivity index (χ2n) is 8.00. The zero-order chi connectivity index (χ0) is 24.8. The Morgan fingerprint density at radius 3 is 2.57 bits per heavy atom. The van der Waals surface area contributed by atoms with E-state index in [1.165, 1.54) is 6.92 Å². The number of nitrogens with one attached hydrogen (secondary N) is 2. The van der Waals surface area contributed by atoms with E-state index < -0.39 is 0 Å². The number of hydrogen-bond acceptors (Lipinski definition) is 7. The van der Waals surface area contributed by atoms with Crippen LogP contribution in [-0.2, 0) is 13.0 Å². The Hall–Kier alpha value is -4.53. The van der Waals surface area contributed by atoms with Crippen LogP contribution in [0.25, 0.3) is 11.4 Å². The van der Waals surface area contributed by atoms with Gasteiger partial charge in [0.2, 0.25) is 5.82 Å². The smallest absolute Gasteiger partial charge is 0.255 e. The summed E-state index contributed by atoms with van der Waals surface area (Å²) in [5.41, 5.74) is 3.61. The maximum Gasteiger partial charge on any atom is 0.255 e. The van der Waals surface area contributed by atoms with Gasteiger partial charge in [-0.2, -0.15) is 5.21 Å². The molecule has 0 spiro atoms. The van der Waals surface area contributed by atoms with Crippen molar-refractivity contribution in [3.05, 3.63) is 82.9 Å². The second-order valence-corrected chi connectivity index (χ2v) is 8.00. The van der Waals surface area contributed by atoms with E-state index in [9.17, 15) is 14.7 Å². The van der Waals surface area contributed by atoms with Gasteiger partial charge in [-0.05, 0) is 60.5 Å². The molecule has 4 rings (SSSR count). The lowest BCUT2D eigenvalue weighted by Crippen LogP contribution is -2.12. The third kappa shape index (κ3) is 5.52. The van der Waals surface area contributed by atoms with Crippen LogP contribution in [0.15, 0.2) is 60.7 Å². The minimum Gasteiger partial charge on any atom is -0.507 e. The lowest BCUT2D eigenvalue weighted by atomic mass is 10.0. The molecule has 0 unspecified atom stereocenters. The highest BCUT2D eigenvalue weighted by atomic mass is 16.5. The highest BCUT2D eigenvalue weighted by molar-refractivity contribution is 6.04. The molecule has 0 radical (unpaired) electrons. The number of nitrogens with zero attached hydrogens (tertiary/aromatic N) is 3. The number of aromatic hydroxyl groups is 1. The van der Waals surface area contributed by atoms with Crippen LogP contribution in [0.2, 0.25) is 0 Å². The number of H-pyrrole nitrogens is 1. The van der Waals surface area contributed by atoms with E-state index in [1.807, 2.05) is 25.1 Å². The molecule has 3 N–H and O–H groups in total. The molecule has 0 saturated carbocycles. The van der Waals surface area contributed by atoms with Crippen LogP contribution in [-0.4, -0.2) is 37.4 Å². The van der Waals surface area contributed by atoms with Gasteiger partial charge < -0.3 is 15.2 Å². The number of anilines is 1. The van der Waals surface area contributed by atoms with Gasteiger partial charge >= 0.3 is 0 Å². The molecule has 0 aliphatic carbocycles. The van der Waals surface area contributed by atoms with Crippen molar-refractivity contribution in [2.45, 2.75) is 33.3 Å². The number of amides is 1. The minimum atomic E-state index is -0.252. The molecule has 178 valence electrons. The Bertz CT molecular complexity index is 1330. The molecular formula is C26H25N5O4. The van der Waals surface area contributed by atoms with Gasteiger partial charge in [0.15, 0.2) is 5.78 Å². The van der Waals surface area contributed by atoms with E-state index in [4.69, 9.17) is 4.74 Å². The average molecular weight is 472 g/mol. The molecule has 9 nitrogen and oxygen atoms in total. The Morgan fingerprint density at radius 1 is 1.09 bits per heavy atom. The SMILES string of the molecule is CCCc1c(OCc2cccc(NC(=O)c3ccc(-c4nn[nH]n4)cc3)c2)ccc(C(C)=O)c1O. The highest BCUT2D eigenvalue weighted by Gasteiger charge is 2.16. The number of Topliss-reactive ketones (excluding diaryl/α,β-unsaturated/α-hetero) is 1. The summed E-state index contributed by atoms with van der Waals surface area (Å²) in [6.45, 7) is 3.65. The number of carbonyl (C=O) groups excluding carboxylic acids is 2. The minimum absolute atomic E-state index is 0.0248. The van der Waals surface area contributed by atoms with Gasteiger partial charge in [0.1, 0.15) is 18.1 Å². The number of aromatic amines is 1. The molecular weight excluding hydrogens is 446 g/mol. The highest BCUT2D eigenvalue weighted by Crippen LogP contribution is 2.33. The molecule has 0 aliphatic heterocycles. The lowest BCUT2D eigenvalue weighted by molar-refractivity contribution is 0.101. The van der Waals surface area contributed by atoms with Gasteiger partial charge in [-0.3, -0.25) is 9.59 Å². The second kappa shape index (κ2) is 10.6. The largest absolute Gasteiger partial charge is 0.507 e. The van der Waals surface area contributed by atoms with Crippen molar-refractivity contribution < 1.29 is 19.4 Å². The summed E-state index contributed by atoms with van der Waals surface area (Å²) < 4.78 is 5.98. The lowest BCUT2D eigenvalue weighted by Gasteiger charge is -2.15. The molecule has 3 aromatic carbocycles. The monoisotopic (exact) mass is 471 g/mol. The van der Waals surface area contributed by atoms with E-state index >= 15 is 0 Å². The summed E-state index contributed by atoms with van der Waals surface area (Å²) in [4.78, 5) is 24.5. The number of rotatable bonds is 9. The van der Waals surface area contributed by atoms with Crippen LogP contribution in [0.4, 0.5) is 5.69 Å². The number of ether oxygens (including phenoxy) is 1. The Morgan fingerprint density at radius 2 is 1.89 bits per heavy atom. The summed E-state index contributed by atoms with van der Waals surface area (Å²) in [6, 6.07) is 17.5. The van der Waals surface area contributed by atoms with Gasteiger partial charge in [0.25, 0.3) is 5.91 Å². The van der Waals surface area contributed by atoms with Crippen LogP contribution >= 0.6 is 0 Å². The van der Waals surface area contributed by atoms with E-state index in [2.05, 4.69) is 25.9 Å². The van der Waals surface area contributed by atoms with Crippen LogP contribution < -0.4 is 10.1 Å². The number of carbonyl (C=O) groups is 2. The average Bonchev–Trinajstić information content (AvgIpc) is 3.40. The first-order valence-electron chi connectivity index (χ1n) is 11.2. The van der Waals surface area contributed by atoms with Crippen molar-refractivity contribution in [3.63, 3.8) is 0 Å². The third-order valence-corrected chi connectivity index (χ3v) is 5.45. The van der Waals surface area contributed by atoms with Gasteiger partial charge in [-0.15, -0.1) is 10.2 Å². The summed E-state index contributed by atoms with van der Waals surface area (Å²) in [6.07, 6.45) is 1.38. The fraction of sp³-hybridized carbons (Fsp3) is 0.192. The zero-order valence-electron chi connectivity index (χ0n) is 19.4. The predicted molar refractivity (Wildman–Crippen MR) is 130 cm³/mol. The number of phenolic OH excluding ortho intramolecular Hbond substituents is 1. The number of phenols is 1. The molecule has 0 bridgehead atoms. The van der Waals surface area contributed by atoms with Gasteiger partial charge in [-0.25, -0.2) is 0 Å². The van der Waals surface area contributed by atoms with Gasteiger partial charge in [0.05, 0.1) is 5.56 Å². The van der Waals surface area contributed by atoms with Gasteiger partial charge in [-0.1, -0.05) is 37.6 Å². The molecule has 35 heavy (non-hydrogen) atoms. The van der Waals surface area contributed by atoms with Gasteiger partial charge in [0, 0.05) is 22.4 Å². The summed E-state index contributed by atoms with van der Waals surface area (Å²) in [5, 5.41) is 27.2. The number of hydrogen-bond donors (Lipinski definition) is 3. The number of tetrazole rings is 1. The molecule has 4 aromatic rings. The predicted octanol–water partition coefficient (Wildman–Crippen LogP) is 4.56. The van der Waals surface area contributed by atoms with Crippen molar-refractivity contribution in [2.75, 3.05) is 5.32 Å². The molecule has 0 aliphatic rings. The van der Waals surface area contributed by atoms with E-state index in [0.717, 1.165) is 17.5 Å². The maximum atomic E-state index is 12.7. The quantitative estimate of drug-likeness (QED) is 0.305. The molecule has 0 fully saturated rings.